The van der Waals surface area contributed by atoms with Gasteiger partial charge in [-0.1, -0.05) is 0 Å². The van der Waals surface area contributed by atoms with Crippen molar-refractivity contribution in [3.63, 3.8) is 0 Å². The van der Waals surface area contributed by atoms with Gasteiger partial charge in [-0.2, -0.15) is 23.4 Å². The molecule has 0 radical (unpaired) electrons. The minimum absolute atomic E-state index is 0.0445. The molecule has 0 bridgehead atoms. The second-order valence-electron chi connectivity index (χ2n) is 11.5. The number of aromatic nitrogens is 4. The predicted octanol–water partition coefficient (Wildman–Crippen LogP) is 3.77. The average molecular weight is 600 g/mol. The Bertz CT molecular complexity index is 1550. The number of anilines is 3. The molecule has 1 N–H and O–H groups in total. The Morgan fingerprint density at radius 1 is 1.00 bits per heavy atom. The number of urea groups is 1. The summed E-state index contributed by atoms with van der Waals surface area (Å²) in [7, 11) is 5.13. The number of benzene rings is 1. The molecule has 1 saturated heterocycles. The zero-order chi connectivity index (χ0) is 30.6. The topological polar surface area (TPSA) is 94.8 Å². The minimum atomic E-state index is -4.60. The van der Waals surface area contributed by atoms with Crippen molar-refractivity contribution in [3.8, 4) is 11.1 Å². The highest BCUT2D eigenvalue weighted by Crippen LogP contribution is 2.47. The fourth-order valence-electron chi connectivity index (χ4n) is 6.55. The number of piperidine rings is 1. The lowest BCUT2D eigenvalue weighted by atomic mass is 9.97. The number of aryl methyl sites for hydroxylation is 1. The van der Waals surface area contributed by atoms with Crippen LogP contribution in [0.2, 0.25) is 0 Å². The Balaban J connectivity index is 1.47. The lowest BCUT2D eigenvalue weighted by Gasteiger charge is -2.38. The Labute approximate surface area is 247 Å². The summed E-state index contributed by atoms with van der Waals surface area (Å²) in [6, 6.07) is 2.66. The van der Waals surface area contributed by atoms with Crippen molar-refractivity contribution < 1.29 is 22.8 Å². The zero-order valence-electron chi connectivity index (χ0n) is 24.8. The summed E-state index contributed by atoms with van der Waals surface area (Å²) in [6.45, 7) is 4.63. The third kappa shape index (κ3) is 5.16. The summed E-state index contributed by atoms with van der Waals surface area (Å²) in [5.74, 6) is 0.622. The van der Waals surface area contributed by atoms with Gasteiger partial charge in [0.25, 0.3) is 0 Å². The molecule has 2 aromatic heterocycles. The van der Waals surface area contributed by atoms with Crippen molar-refractivity contribution in [3.05, 3.63) is 41.3 Å². The van der Waals surface area contributed by atoms with Crippen molar-refractivity contribution >= 4 is 29.1 Å². The molecule has 3 aliphatic rings. The summed E-state index contributed by atoms with van der Waals surface area (Å²) in [4.78, 5) is 32.0. The van der Waals surface area contributed by atoms with Crippen LogP contribution in [0.1, 0.15) is 42.6 Å². The van der Waals surface area contributed by atoms with E-state index in [1.54, 1.807) is 38.2 Å². The molecule has 230 valence electrons. The van der Waals surface area contributed by atoms with Gasteiger partial charge in [-0.25, -0.2) is 4.79 Å². The van der Waals surface area contributed by atoms with Crippen molar-refractivity contribution in [1.82, 2.24) is 34.7 Å². The second kappa shape index (κ2) is 10.8. The molecule has 0 unspecified atom stereocenters. The molecule has 6 rings (SSSR count). The molecular weight excluding hydrogens is 563 g/mol. The highest BCUT2D eigenvalue weighted by molar-refractivity contribution is 5.86. The first-order valence-electron chi connectivity index (χ1n) is 14.5. The van der Waals surface area contributed by atoms with Crippen LogP contribution in [0.15, 0.2) is 24.5 Å². The van der Waals surface area contributed by atoms with E-state index < -0.39 is 11.7 Å². The van der Waals surface area contributed by atoms with E-state index in [-0.39, 0.29) is 23.5 Å². The number of amides is 3. The number of likely N-dealkylation sites (N-methyl/N-ethyl adjacent to an activating group) is 1. The Morgan fingerprint density at radius 2 is 1.74 bits per heavy atom. The molecule has 1 fully saturated rings. The van der Waals surface area contributed by atoms with E-state index in [1.807, 2.05) is 26.4 Å². The number of fused-ring (bicyclic) bond motifs is 2. The molecule has 3 amide bonds. The van der Waals surface area contributed by atoms with Crippen molar-refractivity contribution in [2.45, 2.75) is 44.9 Å². The molecule has 5 heterocycles. The number of hydrogen-bond donors (Lipinski definition) is 1. The van der Waals surface area contributed by atoms with Gasteiger partial charge in [0.05, 0.1) is 35.7 Å². The van der Waals surface area contributed by atoms with E-state index >= 15 is 0 Å². The molecule has 11 nitrogen and oxygen atoms in total. The third-order valence-corrected chi connectivity index (χ3v) is 8.87. The SMILES string of the molecule is CNC(=O)N1CCc2c(c(N3CCN(C)c4cc(-c5cnn(C)c5)c(C(F)(F)F)cc43)nn2C2CCN(C(C)=O)CC2)C1. The monoisotopic (exact) mass is 599 g/mol. The molecule has 43 heavy (non-hydrogen) atoms. The van der Waals surface area contributed by atoms with Gasteiger partial charge in [-0.3, -0.25) is 14.2 Å². The van der Waals surface area contributed by atoms with Gasteiger partial charge >= 0.3 is 12.2 Å². The predicted molar refractivity (Wildman–Crippen MR) is 155 cm³/mol. The summed E-state index contributed by atoms with van der Waals surface area (Å²) in [5, 5.41) is 11.9. The van der Waals surface area contributed by atoms with E-state index in [0.29, 0.717) is 68.4 Å². The van der Waals surface area contributed by atoms with Crippen LogP contribution in [0.3, 0.4) is 0 Å². The first kappa shape index (κ1) is 28.9. The van der Waals surface area contributed by atoms with Gasteiger partial charge in [0.15, 0.2) is 5.82 Å². The lowest BCUT2D eigenvalue weighted by Crippen LogP contribution is -2.42. The van der Waals surface area contributed by atoms with Crippen molar-refractivity contribution in [2.75, 3.05) is 56.6 Å². The highest BCUT2D eigenvalue weighted by atomic mass is 19.4. The Morgan fingerprint density at radius 3 is 2.37 bits per heavy atom. The van der Waals surface area contributed by atoms with E-state index in [2.05, 4.69) is 10.4 Å². The highest BCUT2D eigenvalue weighted by Gasteiger charge is 2.39. The van der Waals surface area contributed by atoms with Crippen molar-refractivity contribution in [1.29, 1.82) is 0 Å². The number of halogens is 3. The van der Waals surface area contributed by atoms with E-state index in [0.717, 1.165) is 24.1 Å². The van der Waals surface area contributed by atoms with Crippen LogP contribution < -0.4 is 15.1 Å². The van der Waals surface area contributed by atoms with Gasteiger partial charge in [0.2, 0.25) is 5.91 Å². The van der Waals surface area contributed by atoms with E-state index in [4.69, 9.17) is 5.10 Å². The van der Waals surface area contributed by atoms with Crippen LogP contribution in [-0.2, 0) is 31.0 Å². The maximum absolute atomic E-state index is 14.6. The molecule has 1 aromatic carbocycles. The van der Waals surface area contributed by atoms with Crippen LogP contribution in [0.4, 0.5) is 35.2 Å². The van der Waals surface area contributed by atoms with E-state index in [9.17, 15) is 22.8 Å². The maximum atomic E-state index is 14.6. The molecule has 3 aliphatic heterocycles. The first-order valence-corrected chi connectivity index (χ1v) is 14.5. The fourth-order valence-corrected chi connectivity index (χ4v) is 6.55. The number of carbonyl (C=O) groups excluding carboxylic acids is 2. The first-order chi connectivity index (χ1) is 20.5. The molecule has 0 spiro atoms. The zero-order valence-corrected chi connectivity index (χ0v) is 24.8. The molecule has 14 heteroatoms. The second-order valence-corrected chi connectivity index (χ2v) is 11.5. The average Bonchev–Trinajstić information content (AvgIpc) is 3.59. The molecule has 0 aliphatic carbocycles. The molecule has 0 saturated carbocycles. The Hall–Kier alpha value is -4.23. The number of nitrogens with zero attached hydrogens (tertiary/aromatic N) is 8. The number of alkyl halides is 3. The largest absolute Gasteiger partial charge is 0.417 e. The normalized spacial score (nSPS) is 17.7. The summed E-state index contributed by atoms with van der Waals surface area (Å²) in [5.41, 5.74) is 2.66. The fraction of sp³-hybridized carbons (Fsp3) is 0.517. The lowest BCUT2D eigenvalue weighted by molar-refractivity contribution is -0.137. The summed E-state index contributed by atoms with van der Waals surface area (Å²) < 4.78 is 47.2. The third-order valence-electron chi connectivity index (χ3n) is 8.87. The number of likely N-dealkylation sites (tertiary alicyclic amines) is 1. The Kier molecular flexibility index (Phi) is 7.25. The van der Waals surface area contributed by atoms with Gasteiger partial charge < -0.3 is 24.9 Å². The van der Waals surface area contributed by atoms with Crippen LogP contribution in [0.25, 0.3) is 11.1 Å². The number of rotatable bonds is 3. The van der Waals surface area contributed by atoms with Gasteiger partial charge in [0.1, 0.15) is 0 Å². The van der Waals surface area contributed by atoms with Crippen LogP contribution in [0, 0.1) is 0 Å². The maximum Gasteiger partial charge on any atom is 0.417 e. The quantitative estimate of drug-likeness (QED) is 0.493. The van der Waals surface area contributed by atoms with Crippen LogP contribution >= 0.6 is 0 Å². The molecule has 0 atom stereocenters. The van der Waals surface area contributed by atoms with Crippen LogP contribution in [-0.4, -0.2) is 88.1 Å². The molecule has 3 aromatic rings. The number of hydrogen-bond acceptors (Lipinski definition) is 6. The van der Waals surface area contributed by atoms with Gasteiger partial charge in [0, 0.05) is 90.2 Å². The summed E-state index contributed by atoms with van der Waals surface area (Å²) in [6.07, 6.45) is 0.482. The van der Waals surface area contributed by atoms with E-state index in [1.165, 1.54) is 16.9 Å². The minimum Gasteiger partial charge on any atom is -0.371 e. The van der Waals surface area contributed by atoms with Crippen LogP contribution in [0.5, 0.6) is 0 Å². The number of carbonyl (C=O) groups is 2. The van der Waals surface area contributed by atoms with Crippen molar-refractivity contribution in [2.24, 2.45) is 7.05 Å². The smallest absolute Gasteiger partial charge is 0.371 e. The van der Waals surface area contributed by atoms with Gasteiger partial charge in [-0.15, -0.1) is 0 Å². The van der Waals surface area contributed by atoms with Gasteiger partial charge in [-0.05, 0) is 30.5 Å². The standard InChI is InChI=1S/C29H36F3N9O2/c1-18(42)38-8-5-20(6-9-38)41-24-7-10-39(28(43)33-2)17-22(24)27(35-41)40-12-11-36(3)25-13-21(19-15-34-37(4)16-19)23(14-26(25)40)29(30,31)32/h13-16,20H,5-12,17H2,1-4H3,(H,33,43). The summed E-state index contributed by atoms with van der Waals surface area (Å²) >= 11 is 0. The number of nitrogens with one attached hydrogen (secondary N) is 1. The molecular formula is C29H36F3N9O2.